The first-order valence-corrected chi connectivity index (χ1v) is 7.17. The normalized spacial score (nSPS) is 28.4. The molecule has 2 aliphatic carbocycles. The van der Waals surface area contributed by atoms with E-state index in [2.05, 4.69) is 5.32 Å². The molecule has 0 radical (unpaired) electrons. The summed E-state index contributed by atoms with van der Waals surface area (Å²) < 4.78 is 0. The predicted octanol–water partition coefficient (Wildman–Crippen LogP) is 2.33. The maximum Gasteiger partial charge on any atom is 0.306 e. The Morgan fingerprint density at radius 1 is 1.11 bits per heavy atom. The Kier molecular flexibility index (Phi) is 4.61. The zero-order valence-corrected chi connectivity index (χ0v) is 10.9. The molecule has 102 valence electrons. The van der Waals surface area contributed by atoms with Crippen molar-refractivity contribution in [3.8, 4) is 0 Å². The van der Waals surface area contributed by atoms with Crippen molar-refractivity contribution in [2.75, 3.05) is 0 Å². The molecule has 0 aliphatic heterocycles. The van der Waals surface area contributed by atoms with E-state index in [9.17, 15) is 9.59 Å². The molecule has 18 heavy (non-hydrogen) atoms. The zero-order chi connectivity index (χ0) is 13.0. The highest BCUT2D eigenvalue weighted by Gasteiger charge is 2.30. The van der Waals surface area contributed by atoms with Crippen LogP contribution in [0.1, 0.15) is 57.8 Å². The molecule has 2 atom stereocenters. The molecule has 2 fully saturated rings. The summed E-state index contributed by atoms with van der Waals surface area (Å²) in [4.78, 5) is 22.6. The van der Waals surface area contributed by atoms with Gasteiger partial charge in [0.05, 0.1) is 5.92 Å². The van der Waals surface area contributed by atoms with Gasteiger partial charge in [-0.15, -0.1) is 0 Å². The molecule has 2 N–H and O–H groups in total. The fourth-order valence-corrected chi connectivity index (χ4v) is 3.27. The highest BCUT2D eigenvalue weighted by molar-refractivity contribution is 5.76. The first-order chi connectivity index (χ1) is 8.65. The third-order valence-electron chi connectivity index (χ3n) is 4.40. The van der Waals surface area contributed by atoms with Crippen molar-refractivity contribution in [3.63, 3.8) is 0 Å². The summed E-state index contributed by atoms with van der Waals surface area (Å²) in [6.07, 6.45) is 8.90. The second-order valence-corrected chi connectivity index (χ2v) is 5.80. The lowest BCUT2D eigenvalue weighted by atomic mass is 10.0. The molecule has 0 spiro atoms. The molecule has 2 saturated carbocycles. The van der Waals surface area contributed by atoms with Gasteiger partial charge in [-0.1, -0.05) is 25.7 Å². The Morgan fingerprint density at radius 2 is 1.83 bits per heavy atom. The highest BCUT2D eigenvalue weighted by atomic mass is 16.4. The van der Waals surface area contributed by atoms with E-state index in [0.29, 0.717) is 19.3 Å². The lowest BCUT2D eigenvalue weighted by molar-refractivity contribution is -0.141. The standard InChI is InChI=1S/C14H23NO3/c16-13(8-5-10-3-1-2-4-10)15-12-7-6-11(9-12)14(17)18/h10-12H,1-9H2,(H,15,16)(H,17,18). The third kappa shape index (κ3) is 3.72. The van der Waals surface area contributed by atoms with Crippen LogP contribution in [0, 0.1) is 11.8 Å². The van der Waals surface area contributed by atoms with Gasteiger partial charge < -0.3 is 10.4 Å². The molecule has 0 bridgehead atoms. The summed E-state index contributed by atoms with van der Waals surface area (Å²) in [5.74, 6) is -0.133. The Balaban J connectivity index is 1.63. The summed E-state index contributed by atoms with van der Waals surface area (Å²) in [6, 6.07) is 0.0854. The van der Waals surface area contributed by atoms with Crippen LogP contribution in [0.15, 0.2) is 0 Å². The monoisotopic (exact) mass is 253 g/mol. The van der Waals surface area contributed by atoms with Gasteiger partial charge in [-0.2, -0.15) is 0 Å². The number of carboxylic acid groups (broad SMARTS) is 1. The van der Waals surface area contributed by atoms with Crippen molar-refractivity contribution in [1.29, 1.82) is 0 Å². The smallest absolute Gasteiger partial charge is 0.306 e. The van der Waals surface area contributed by atoms with Crippen LogP contribution in [0.4, 0.5) is 0 Å². The van der Waals surface area contributed by atoms with E-state index in [1.807, 2.05) is 0 Å². The number of carbonyl (C=O) groups is 2. The van der Waals surface area contributed by atoms with E-state index in [-0.39, 0.29) is 17.9 Å². The average Bonchev–Trinajstić information content (AvgIpc) is 2.96. The SMILES string of the molecule is O=C(CCC1CCCC1)NC1CCC(C(=O)O)C1. The van der Waals surface area contributed by atoms with Crippen LogP contribution in [-0.4, -0.2) is 23.0 Å². The van der Waals surface area contributed by atoms with Gasteiger partial charge in [0.15, 0.2) is 0 Å². The first kappa shape index (κ1) is 13.4. The van der Waals surface area contributed by atoms with Crippen LogP contribution in [0.2, 0.25) is 0 Å². The largest absolute Gasteiger partial charge is 0.481 e. The first-order valence-electron chi connectivity index (χ1n) is 7.17. The molecule has 0 aromatic rings. The Morgan fingerprint density at radius 3 is 2.44 bits per heavy atom. The molecular weight excluding hydrogens is 230 g/mol. The quantitative estimate of drug-likeness (QED) is 0.790. The molecule has 2 aliphatic rings. The van der Waals surface area contributed by atoms with Gasteiger partial charge in [0.1, 0.15) is 0 Å². The Labute approximate surface area is 108 Å². The minimum atomic E-state index is -0.724. The lowest BCUT2D eigenvalue weighted by Crippen LogP contribution is -2.33. The zero-order valence-electron chi connectivity index (χ0n) is 10.9. The van der Waals surface area contributed by atoms with Crippen LogP contribution >= 0.6 is 0 Å². The van der Waals surface area contributed by atoms with Crippen LogP contribution < -0.4 is 5.32 Å². The van der Waals surface area contributed by atoms with Gasteiger partial charge in [-0.05, 0) is 31.6 Å². The summed E-state index contributed by atoms with van der Waals surface area (Å²) in [7, 11) is 0. The van der Waals surface area contributed by atoms with E-state index in [1.165, 1.54) is 25.7 Å². The van der Waals surface area contributed by atoms with E-state index in [0.717, 1.165) is 18.8 Å². The molecule has 0 saturated heterocycles. The Hall–Kier alpha value is -1.06. The number of aliphatic carboxylic acids is 1. The maximum atomic E-state index is 11.8. The van der Waals surface area contributed by atoms with Gasteiger partial charge in [0.25, 0.3) is 0 Å². The number of amides is 1. The lowest BCUT2D eigenvalue weighted by Gasteiger charge is -2.13. The van der Waals surface area contributed by atoms with Crippen molar-refractivity contribution in [2.45, 2.75) is 63.8 Å². The number of carbonyl (C=O) groups excluding carboxylic acids is 1. The summed E-state index contributed by atoms with van der Waals surface area (Å²) in [5, 5.41) is 11.9. The second-order valence-electron chi connectivity index (χ2n) is 5.80. The number of hydrogen-bond donors (Lipinski definition) is 2. The second kappa shape index (κ2) is 6.21. The fraction of sp³-hybridized carbons (Fsp3) is 0.857. The summed E-state index contributed by atoms with van der Waals surface area (Å²) in [6.45, 7) is 0. The molecular formula is C14H23NO3. The summed E-state index contributed by atoms with van der Waals surface area (Å²) >= 11 is 0. The molecule has 0 aromatic heterocycles. The van der Waals surface area contributed by atoms with Crippen molar-refractivity contribution in [1.82, 2.24) is 5.32 Å². The average molecular weight is 253 g/mol. The van der Waals surface area contributed by atoms with Gasteiger partial charge in [0.2, 0.25) is 5.91 Å². The minimum absolute atomic E-state index is 0.0854. The Bertz CT molecular complexity index is 310. The highest BCUT2D eigenvalue weighted by Crippen LogP contribution is 2.29. The van der Waals surface area contributed by atoms with Crippen molar-refractivity contribution in [3.05, 3.63) is 0 Å². The van der Waals surface area contributed by atoms with Crippen molar-refractivity contribution >= 4 is 11.9 Å². The molecule has 1 amide bonds. The van der Waals surface area contributed by atoms with E-state index in [1.54, 1.807) is 0 Å². The predicted molar refractivity (Wildman–Crippen MR) is 68.1 cm³/mol. The summed E-state index contributed by atoms with van der Waals surface area (Å²) in [5.41, 5.74) is 0. The van der Waals surface area contributed by atoms with Gasteiger partial charge in [-0.3, -0.25) is 9.59 Å². The molecule has 2 unspecified atom stereocenters. The van der Waals surface area contributed by atoms with Crippen molar-refractivity contribution in [2.24, 2.45) is 11.8 Å². The number of nitrogens with one attached hydrogen (secondary N) is 1. The van der Waals surface area contributed by atoms with Crippen LogP contribution in [0.5, 0.6) is 0 Å². The number of hydrogen-bond acceptors (Lipinski definition) is 2. The van der Waals surface area contributed by atoms with E-state index < -0.39 is 5.97 Å². The molecule has 2 rings (SSSR count). The van der Waals surface area contributed by atoms with Crippen molar-refractivity contribution < 1.29 is 14.7 Å². The van der Waals surface area contributed by atoms with Gasteiger partial charge in [-0.25, -0.2) is 0 Å². The topological polar surface area (TPSA) is 66.4 Å². The molecule has 0 aromatic carbocycles. The number of rotatable bonds is 5. The third-order valence-corrected chi connectivity index (χ3v) is 4.40. The molecule has 0 heterocycles. The van der Waals surface area contributed by atoms with Crippen LogP contribution in [-0.2, 0) is 9.59 Å². The van der Waals surface area contributed by atoms with Gasteiger partial charge in [0, 0.05) is 12.5 Å². The van der Waals surface area contributed by atoms with Crippen LogP contribution in [0.3, 0.4) is 0 Å². The number of carboxylic acids is 1. The molecule has 4 nitrogen and oxygen atoms in total. The maximum absolute atomic E-state index is 11.8. The van der Waals surface area contributed by atoms with Gasteiger partial charge >= 0.3 is 5.97 Å². The van der Waals surface area contributed by atoms with E-state index in [4.69, 9.17) is 5.11 Å². The van der Waals surface area contributed by atoms with E-state index >= 15 is 0 Å². The minimum Gasteiger partial charge on any atom is -0.481 e. The fourth-order valence-electron chi connectivity index (χ4n) is 3.27. The van der Waals surface area contributed by atoms with Crippen LogP contribution in [0.25, 0.3) is 0 Å². The molecule has 4 heteroatoms.